The Bertz CT molecular complexity index is 451. The fraction of sp³-hybridized carbons (Fsp3) is 0.571. The Morgan fingerprint density at radius 1 is 1.14 bits per heavy atom. The third-order valence-electron chi connectivity index (χ3n) is 3.40. The Labute approximate surface area is 122 Å². The van der Waals surface area contributed by atoms with Gasteiger partial charge in [-0.25, -0.2) is 0 Å². The molecule has 21 heavy (non-hydrogen) atoms. The molecule has 5 atom stereocenters. The minimum Gasteiger partial charge on any atom is -0.497 e. The first kappa shape index (κ1) is 16.2. The summed E-state index contributed by atoms with van der Waals surface area (Å²) in [5.41, 5.74) is 0.798. The Morgan fingerprint density at radius 3 is 2.57 bits per heavy atom. The van der Waals surface area contributed by atoms with Crippen LogP contribution in [0.2, 0.25) is 0 Å². The van der Waals surface area contributed by atoms with Crippen molar-refractivity contribution in [2.45, 2.75) is 37.3 Å². The Balaban J connectivity index is 1.98. The maximum absolute atomic E-state index is 9.83. The molecule has 0 unspecified atom stereocenters. The van der Waals surface area contributed by atoms with E-state index in [0.717, 1.165) is 5.56 Å². The average molecular weight is 300 g/mol. The molecule has 0 amide bonds. The summed E-state index contributed by atoms with van der Waals surface area (Å²) in [5.74, 6) is 0.671. The van der Waals surface area contributed by atoms with Crippen molar-refractivity contribution in [2.75, 3.05) is 13.7 Å². The molecule has 1 aromatic carbocycles. The van der Waals surface area contributed by atoms with E-state index in [0.29, 0.717) is 5.75 Å². The summed E-state index contributed by atoms with van der Waals surface area (Å²) >= 11 is 0. The number of hydrogen-bond donors (Lipinski definition) is 4. The van der Waals surface area contributed by atoms with Gasteiger partial charge in [0.25, 0.3) is 0 Å². The fourth-order valence-electron chi connectivity index (χ4n) is 2.15. The molecule has 0 aromatic heterocycles. The minimum absolute atomic E-state index is 0.125. The van der Waals surface area contributed by atoms with Crippen LogP contribution in [0.15, 0.2) is 24.3 Å². The third kappa shape index (κ3) is 3.70. The second-order valence-corrected chi connectivity index (χ2v) is 4.86. The predicted octanol–water partition coefficient (Wildman–Crippen LogP) is -0.988. The normalized spacial score (nSPS) is 32.9. The molecule has 0 aliphatic carbocycles. The Hall–Kier alpha value is -1.22. The molecule has 1 aromatic rings. The number of methoxy groups -OCH3 is 1. The highest BCUT2D eigenvalue weighted by Gasteiger charge is 2.43. The van der Waals surface area contributed by atoms with Crippen LogP contribution in [-0.2, 0) is 16.1 Å². The molecular weight excluding hydrogens is 280 g/mol. The summed E-state index contributed by atoms with van der Waals surface area (Å²) in [6, 6.07) is 7.17. The molecule has 2 rings (SSSR count). The van der Waals surface area contributed by atoms with Crippen LogP contribution < -0.4 is 4.74 Å². The van der Waals surface area contributed by atoms with Crippen molar-refractivity contribution >= 4 is 0 Å². The average Bonchev–Trinajstić information content (AvgIpc) is 2.52. The van der Waals surface area contributed by atoms with Crippen LogP contribution in [0.4, 0.5) is 0 Å². The maximum atomic E-state index is 9.83. The monoisotopic (exact) mass is 300 g/mol. The molecule has 7 nitrogen and oxygen atoms in total. The van der Waals surface area contributed by atoms with Crippen LogP contribution in [0.1, 0.15) is 5.56 Å². The SMILES string of the molecule is COc1cccc(CO[C@H]2O[C@H](CO)[C@@H](O)[C@H](O)[C@H]2O)c1. The van der Waals surface area contributed by atoms with Crippen molar-refractivity contribution in [3.05, 3.63) is 29.8 Å². The summed E-state index contributed by atoms with van der Waals surface area (Å²) < 4.78 is 15.8. The van der Waals surface area contributed by atoms with Crippen LogP contribution >= 0.6 is 0 Å². The molecule has 0 spiro atoms. The zero-order valence-electron chi connectivity index (χ0n) is 11.6. The first-order chi connectivity index (χ1) is 10.1. The predicted molar refractivity (Wildman–Crippen MR) is 71.6 cm³/mol. The number of aliphatic hydroxyl groups is 4. The highest BCUT2D eigenvalue weighted by atomic mass is 16.7. The van der Waals surface area contributed by atoms with E-state index in [2.05, 4.69) is 0 Å². The molecule has 1 aliphatic heterocycles. The van der Waals surface area contributed by atoms with Gasteiger partial charge in [0.1, 0.15) is 30.2 Å². The molecule has 1 heterocycles. The first-order valence-corrected chi connectivity index (χ1v) is 6.62. The highest BCUT2D eigenvalue weighted by molar-refractivity contribution is 5.27. The van der Waals surface area contributed by atoms with Gasteiger partial charge in [-0.3, -0.25) is 0 Å². The van der Waals surface area contributed by atoms with Crippen LogP contribution in [0.3, 0.4) is 0 Å². The molecule has 0 bridgehead atoms. The lowest BCUT2D eigenvalue weighted by atomic mass is 9.99. The van der Waals surface area contributed by atoms with Gasteiger partial charge >= 0.3 is 0 Å². The van der Waals surface area contributed by atoms with Gasteiger partial charge in [0, 0.05) is 0 Å². The topological polar surface area (TPSA) is 109 Å². The van der Waals surface area contributed by atoms with Gasteiger partial charge in [-0.05, 0) is 17.7 Å². The van der Waals surface area contributed by atoms with Crippen molar-refractivity contribution in [3.8, 4) is 5.75 Å². The zero-order valence-corrected chi connectivity index (χ0v) is 11.6. The smallest absolute Gasteiger partial charge is 0.187 e. The van der Waals surface area contributed by atoms with Gasteiger partial charge in [0.05, 0.1) is 20.3 Å². The standard InChI is InChI=1S/C14H20O7/c1-19-9-4-2-3-8(5-9)7-20-14-13(18)12(17)11(16)10(6-15)21-14/h2-5,10-18H,6-7H2,1H3/t10-,11-,12+,13-,14+/m1/s1. The Kier molecular flexibility index (Phi) is 5.51. The van der Waals surface area contributed by atoms with Crippen LogP contribution in [0, 0.1) is 0 Å². The number of hydrogen-bond acceptors (Lipinski definition) is 7. The molecule has 118 valence electrons. The molecular formula is C14H20O7. The summed E-state index contributed by atoms with van der Waals surface area (Å²) in [6.07, 6.45) is -6.33. The van der Waals surface area contributed by atoms with Crippen molar-refractivity contribution in [3.63, 3.8) is 0 Å². The number of rotatable bonds is 5. The van der Waals surface area contributed by atoms with Gasteiger partial charge in [0.15, 0.2) is 6.29 Å². The van der Waals surface area contributed by atoms with Crippen molar-refractivity contribution < 1.29 is 34.6 Å². The molecule has 0 radical (unpaired) electrons. The fourth-order valence-corrected chi connectivity index (χ4v) is 2.15. The number of aliphatic hydroxyl groups excluding tert-OH is 4. The summed E-state index contributed by atoms with van der Waals surface area (Å²) in [7, 11) is 1.55. The maximum Gasteiger partial charge on any atom is 0.187 e. The molecule has 4 N–H and O–H groups in total. The number of benzene rings is 1. The van der Waals surface area contributed by atoms with Crippen molar-refractivity contribution in [1.82, 2.24) is 0 Å². The van der Waals surface area contributed by atoms with E-state index in [1.54, 1.807) is 25.3 Å². The minimum atomic E-state index is -1.44. The van der Waals surface area contributed by atoms with E-state index in [-0.39, 0.29) is 6.61 Å². The third-order valence-corrected chi connectivity index (χ3v) is 3.40. The quantitative estimate of drug-likeness (QED) is 0.553. The van der Waals surface area contributed by atoms with E-state index in [4.69, 9.17) is 19.3 Å². The van der Waals surface area contributed by atoms with Crippen molar-refractivity contribution in [2.24, 2.45) is 0 Å². The van der Waals surface area contributed by atoms with E-state index < -0.39 is 37.3 Å². The van der Waals surface area contributed by atoms with Crippen LogP contribution in [-0.4, -0.2) is 64.8 Å². The summed E-state index contributed by atoms with van der Waals surface area (Å²) in [4.78, 5) is 0. The molecule has 7 heteroatoms. The second kappa shape index (κ2) is 7.17. The molecule has 1 aliphatic rings. The lowest BCUT2D eigenvalue weighted by Gasteiger charge is -2.39. The summed E-state index contributed by atoms with van der Waals surface area (Å²) in [5, 5.41) is 38.2. The summed E-state index contributed by atoms with van der Waals surface area (Å²) in [6.45, 7) is -0.357. The van der Waals surface area contributed by atoms with E-state index in [1.165, 1.54) is 0 Å². The zero-order chi connectivity index (χ0) is 15.4. The van der Waals surface area contributed by atoms with E-state index >= 15 is 0 Å². The molecule has 0 saturated carbocycles. The molecule has 1 saturated heterocycles. The van der Waals surface area contributed by atoms with E-state index in [9.17, 15) is 15.3 Å². The van der Waals surface area contributed by atoms with Gasteiger partial charge < -0.3 is 34.6 Å². The van der Waals surface area contributed by atoms with Gasteiger partial charge in [-0.2, -0.15) is 0 Å². The first-order valence-electron chi connectivity index (χ1n) is 6.62. The lowest BCUT2D eigenvalue weighted by Crippen LogP contribution is -2.59. The Morgan fingerprint density at radius 2 is 1.90 bits per heavy atom. The largest absolute Gasteiger partial charge is 0.497 e. The van der Waals surface area contributed by atoms with Gasteiger partial charge in [0.2, 0.25) is 0 Å². The molecule has 1 fully saturated rings. The van der Waals surface area contributed by atoms with Gasteiger partial charge in [-0.15, -0.1) is 0 Å². The van der Waals surface area contributed by atoms with Gasteiger partial charge in [-0.1, -0.05) is 12.1 Å². The highest BCUT2D eigenvalue weighted by Crippen LogP contribution is 2.23. The van der Waals surface area contributed by atoms with Crippen molar-refractivity contribution in [1.29, 1.82) is 0 Å². The van der Waals surface area contributed by atoms with Crippen LogP contribution in [0.25, 0.3) is 0 Å². The lowest BCUT2D eigenvalue weighted by molar-refractivity contribution is -0.304. The van der Waals surface area contributed by atoms with E-state index in [1.807, 2.05) is 6.07 Å². The second-order valence-electron chi connectivity index (χ2n) is 4.86. The number of ether oxygens (including phenoxy) is 3. The van der Waals surface area contributed by atoms with Crippen LogP contribution in [0.5, 0.6) is 5.75 Å².